The maximum Gasteiger partial charge on any atom is 0.228 e. The van der Waals surface area contributed by atoms with Gasteiger partial charge in [0.1, 0.15) is 0 Å². The quantitative estimate of drug-likeness (QED) is 0.794. The zero-order valence-electron chi connectivity index (χ0n) is 17.8. The molecule has 5 heteroatoms. The summed E-state index contributed by atoms with van der Waals surface area (Å²) in [5.74, 6) is 0.506. The SMILES string of the molecule is CCNC(=O)[C@]1(Cc2ccc(-c3ccncc3)cc2)CCCN(C(=O)C2CCC2)C1. The largest absolute Gasteiger partial charge is 0.356 e. The van der Waals surface area contributed by atoms with Gasteiger partial charge in [0.15, 0.2) is 0 Å². The smallest absolute Gasteiger partial charge is 0.228 e. The zero-order valence-corrected chi connectivity index (χ0v) is 17.8. The topological polar surface area (TPSA) is 62.3 Å². The number of hydrogen-bond acceptors (Lipinski definition) is 3. The van der Waals surface area contributed by atoms with Crippen molar-refractivity contribution in [2.24, 2.45) is 11.3 Å². The van der Waals surface area contributed by atoms with Gasteiger partial charge in [-0.15, -0.1) is 0 Å². The molecule has 1 saturated heterocycles. The van der Waals surface area contributed by atoms with E-state index in [1.54, 1.807) is 12.4 Å². The lowest BCUT2D eigenvalue weighted by Gasteiger charge is -2.43. The van der Waals surface area contributed by atoms with Crippen LogP contribution in [0.15, 0.2) is 48.8 Å². The molecule has 2 fully saturated rings. The molecule has 30 heavy (non-hydrogen) atoms. The summed E-state index contributed by atoms with van der Waals surface area (Å²) in [6, 6.07) is 12.4. The lowest BCUT2D eigenvalue weighted by atomic mass is 9.73. The van der Waals surface area contributed by atoms with Crippen LogP contribution in [-0.2, 0) is 16.0 Å². The van der Waals surface area contributed by atoms with Gasteiger partial charge in [0.25, 0.3) is 0 Å². The number of aromatic nitrogens is 1. The van der Waals surface area contributed by atoms with Crippen molar-refractivity contribution in [1.82, 2.24) is 15.2 Å². The number of hydrogen-bond donors (Lipinski definition) is 1. The van der Waals surface area contributed by atoms with Gasteiger partial charge in [-0.1, -0.05) is 30.7 Å². The second-order valence-corrected chi connectivity index (χ2v) is 8.74. The number of amides is 2. The van der Waals surface area contributed by atoms with Crippen LogP contribution < -0.4 is 5.32 Å². The molecule has 4 rings (SSSR count). The van der Waals surface area contributed by atoms with Crippen LogP contribution in [0.1, 0.15) is 44.6 Å². The molecular weight excluding hydrogens is 374 g/mol. The fourth-order valence-electron chi connectivity index (χ4n) is 4.74. The Morgan fingerprint density at radius 1 is 1.07 bits per heavy atom. The van der Waals surface area contributed by atoms with Crippen LogP contribution in [-0.4, -0.2) is 41.3 Å². The number of pyridine rings is 1. The van der Waals surface area contributed by atoms with E-state index in [0.29, 0.717) is 19.5 Å². The molecule has 1 saturated carbocycles. The molecule has 2 heterocycles. The third-order valence-corrected chi connectivity index (χ3v) is 6.67. The minimum absolute atomic E-state index is 0.0781. The van der Waals surface area contributed by atoms with E-state index in [4.69, 9.17) is 0 Å². The highest BCUT2D eigenvalue weighted by Gasteiger charge is 2.44. The number of carbonyl (C=O) groups excluding carboxylic acids is 2. The van der Waals surface area contributed by atoms with Crippen LogP contribution >= 0.6 is 0 Å². The lowest BCUT2D eigenvalue weighted by molar-refractivity contribution is -0.146. The van der Waals surface area contributed by atoms with E-state index in [1.807, 2.05) is 24.0 Å². The van der Waals surface area contributed by atoms with Crippen molar-refractivity contribution in [2.45, 2.75) is 45.4 Å². The van der Waals surface area contributed by atoms with Crippen LogP contribution in [0.5, 0.6) is 0 Å². The Bertz CT molecular complexity index is 877. The summed E-state index contributed by atoms with van der Waals surface area (Å²) in [6.45, 7) is 3.87. The molecule has 1 N–H and O–H groups in total. The highest BCUT2D eigenvalue weighted by atomic mass is 16.2. The lowest BCUT2D eigenvalue weighted by Crippen LogP contribution is -2.55. The molecule has 2 aromatic rings. The average molecular weight is 406 g/mol. The van der Waals surface area contributed by atoms with E-state index in [1.165, 1.54) is 0 Å². The van der Waals surface area contributed by atoms with E-state index >= 15 is 0 Å². The molecule has 1 aromatic carbocycles. The monoisotopic (exact) mass is 405 g/mol. The number of likely N-dealkylation sites (tertiary alicyclic amines) is 1. The zero-order chi connectivity index (χ0) is 21.0. The highest BCUT2D eigenvalue weighted by molar-refractivity contribution is 5.85. The molecule has 0 spiro atoms. The minimum atomic E-state index is -0.550. The third-order valence-electron chi connectivity index (χ3n) is 6.67. The van der Waals surface area contributed by atoms with Crippen molar-refractivity contribution in [3.63, 3.8) is 0 Å². The average Bonchev–Trinajstić information content (AvgIpc) is 2.74. The second-order valence-electron chi connectivity index (χ2n) is 8.74. The highest BCUT2D eigenvalue weighted by Crippen LogP contribution is 2.37. The van der Waals surface area contributed by atoms with Gasteiger partial charge in [0, 0.05) is 37.9 Å². The van der Waals surface area contributed by atoms with Gasteiger partial charge >= 0.3 is 0 Å². The van der Waals surface area contributed by atoms with Gasteiger partial charge < -0.3 is 10.2 Å². The van der Waals surface area contributed by atoms with E-state index in [9.17, 15) is 9.59 Å². The number of benzene rings is 1. The predicted molar refractivity (Wildman–Crippen MR) is 118 cm³/mol. The van der Waals surface area contributed by atoms with E-state index < -0.39 is 5.41 Å². The van der Waals surface area contributed by atoms with Gasteiger partial charge in [-0.2, -0.15) is 0 Å². The standard InChI is InChI=1S/C25H31N3O2/c1-2-27-24(30)25(13-4-16-28(18-25)23(29)22-5-3-6-22)17-19-7-9-20(10-8-19)21-11-14-26-15-12-21/h7-12,14-15,22H,2-6,13,16-18H2,1H3,(H,27,30)/t25-/m0/s1. The summed E-state index contributed by atoms with van der Waals surface area (Å²) >= 11 is 0. The Hall–Kier alpha value is -2.69. The van der Waals surface area contributed by atoms with Gasteiger partial charge in [0.2, 0.25) is 11.8 Å². The van der Waals surface area contributed by atoms with E-state index in [-0.39, 0.29) is 17.7 Å². The molecule has 2 aliphatic rings. The van der Waals surface area contributed by atoms with Crippen molar-refractivity contribution in [1.29, 1.82) is 0 Å². The first kappa shape index (κ1) is 20.6. The first-order valence-corrected chi connectivity index (χ1v) is 11.2. The fraction of sp³-hybridized carbons (Fsp3) is 0.480. The number of nitrogens with zero attached hydrogens (tertiary/aromatic N) is 2. The third kappa shape index (κ3) is 4.25. The summed E-state index contributed by atoms with van der Waals surface area (Å²) < 4.78 is 0. The van der Waals surface area contributed by atoms with Crippen LogP contribution in [0.4, 0.5) is 0 Å². The molecule has 0 unspecified atom stereocenters. The molecule has 1 atom stereocenters. The fourth-order valence-corrected chi connectivity index (χ4v) is 4.74. The number of carbonyl (C=O) groups is 2. The first-order valence-electron chi connectivity index (χ1n) is 11.2. The summed E-state index contributed by atoms with van der Waals surface area (Å²) in [4.78, 5) is 32.1. The molecule has 1 aromatic heterocycles. The second kappa shape index (κ2) is 8.99. The normalized spacial score (nSPS) is 21.7. The van der Waals surface area contributed by atoms with Crippen LogP contribution in [0.25, 0.3) is 11.1 Å². The maximum atomic E-state index is 13.2. The summed E-state index contributed by atoms with van der Waals surface area (Å²) in [5, 5.41) is 3.05. The molecule has 158 valence electrons. The van der Waals surface area contributed by atoms with E-state index in [0.717, 1.165) is 55.3 Å². The molecular formula is C25H31N3O2. The first-order chi connectivity index (χ1) is 14.6. The summed E-state index contributed by atoms with van der Waals surface area (Å²) in [5.41, 5.74) is 2.85. The number of nitrogens with one attached hydrogen (secondary N) is 1. The molecule has 5 nitrogen and oxygen atoms in total. The van der Waals surface area contributed by atoms with Crippen molar-refractivity contribution in [3.8, 4) is 11.1 Å². The molecule has 0 radical (unpaired) electrons. The predicted octanol–water partition coefficient (Wildman–Crippen LogP) is 3.84. The van der Waals surface area contributed by atoms with Gasteiger partial charge in [-0.25, -0.2) is 0 Å². The van der Waals surface area contributed by atoms with Gasteiger partial charge in [0.05, 0.1) is 5.41 Å². The molecule has 0 bridgehead atoms. The number of piperidine rings is 1. The van der Waals surface area contributed by atoms with Crippen molar-refractivity contribution in [3.05, 3.63) is 54.4 Å². The minimum Gasteiger partial charge on any atom is -0.356 e. The molecule has 1 aliphatic carbocycles. The summed E-state index contributed by atoms with van der Waals surface area (Å²) in [7, 11) is 0. The van der Waals surface area contributed by atoms with Gasteiger partial charge in [-0.05, 0) is 67.9 Å². The Kier molecular flexibility index (Phi) is 6.16. The van der Waals surface area contributed by atoms with Crippen LogP contribution in [0.2, 0.25) is 0 Å². The Labute approximate surface area is 178 Å². The van der Waals surface area contributed by atoms with Crippen LogP contribution in [0, 0.1) is 11.3 Å². The van der Waals surface area contributed by atoms with Crippen molar-refractivity contribution in [2.75, 3.05) is 19.6 Å². The number of rotatable bonds is 6. The van der Waals surface area contributed by atoms with Gasteiger partial charge in [-0.3, -0.25) is 14.6 Å². The van der Waals surface area contributed by atoms with E-state index in [2.05, 4.69) is 34.6 Å². The van der Waals surface area contributed by atoms with Crippen LogP contribution in [0.3, 0.4) is 0 Å². The maximum absolute atomic E-state index is 13.2. The summed E-state index contributed by atoms with van der Waals surface area (Å²) in [6.07, 6.45) is 9.09. The molecule has 1 aliphatic heterocycles. The Morgan fingerprint density at radius 2 is 1.77 bits per heavy atom. The molecule has 2 amide bonds. The Morgan fingerprint density at radius 3 is 2.40 bits per heavy atom. The van der Waals surface area contributed by atoms with Crippen molar-refractivity contribution < 1.29 is 9.59 Å². The Balaban J connectivity index is 1.54. The van der Waals surface area contributed by atoms with Crippen molar-refractivity contribution >= 4 is 11.8 Å².